The molecule has 1 rings (SSSR count). The fourth-order valence-corrected chi connectivity index (χ4v) is 1.96. The Morgan fingerprint density at radius 2 is 2.22 bits per heavy atom. The Bertz CT molecular complexity index is 399. The SMILES string of the molecule is C=CSC1=NC(CC(=O)OCC)(C(C)(C)C)N=N1. The summed E-state index contributed by atoms with van der Waals surface area (Å²) < 4.78 is 4.98. The number of carbonyl (C=O) groups is 1. The minimum Gasteiger partial charge on any atom is -0.466 e. The molecule has 0 fully saturated rings. The van der Waals surface area contributed by atoms with Gasteiger partial charge in [0.15, 0.2) is 5.66 Å². The normalized spacial score (nSPS) is 22.8. The van der Waals surface area contributed by atoms with Crippen molar-refractivity contribution in [3.05, 3.63) is 12.0 Å². The zero-order chi connectivity index (χ0) is 13.8. The van der Waals surface area contributed by atoms with Crippen molar-refractivity contribution in [2.24, 2.45) is 20.6 Å². The van der Waals surface area contributed by atoms with Gasteiger partial charge in [-0.2, -0.15) is 5.11 Å². The van der Waals surface area contributed by atoms with Crippen molar-refractivity contribution in [1.82, 2.24) is 0 Å². The number of ether oxygens (including phenoxy) is 1. The van der Waals surface area contributed by atoms with Crippen LogP contribution in [0.25, 0.3) is 0 Å². The number of hydrogen-bond donors (Lipinski definition) is 0. The number of esters is 1. The maximum Gasteiger partial charge on any atom is 0.310 e. The van der Waals surface area contributed by atoms with Gasteiger partial charge in [0.25, 0.3) is 0 Å². The number of carbonyl (C=O) groups excluding carboxylic acids is 1. The van der Waals surface area contributed by atoms with Crippen LogP contribution < -0.4 is 0 Å². The average molecular weight is 269 g/mol. The Morgan fingerprint density at radius 1 is 1.56 bits per heavy atom. The number of nitrogens with zero attached hydrogens (tertiary/aromatic N) is 3. The molecule has 0 radical (unpaired) electrons. The summed E-state index contributed by atoms with van der Waals surface area (Å²) in [6, 6.07) is 0. The van der Waals surface area contributed by atoms with E-state index in [0.29, 0.717) is 11.8 Å². The molecule has 6 heteroatoms. The average Bonchev–Trinajstić information content (AvgIpc) is 2.63. The third-order valence-corrected chi connectivity index (χ3v) is 3.22. The van der Waals surface area contributed by atoms with E-state index in [0.717, 1.165) is 0 Å². The van der Waals surface area contributed by atoms with Gasteiger partial charge in [-0.05, 0) is 12.3 Å². The highest BCUT2D eigenvalue weighted by atomic mass is 32.2. The van der Waals surface area contributed by atoms with Crippen molar-refractivity contribution in [2.45, 2.75) is 39.8 Å². The Balaban J connectivity index is 2.97. The van der Waals surface area contributed by atoms with E-state index in [1.807, 2.05) is 20.8 Å². The van der Waals surface area contributed by atoms with Crippen LogP contribution in [0.5, 0.6) is 0 Å². The van der Waals surface area contributed by atoms with Crippen molar-refractivity contribution in [2.75, 3.05) is 6.61 Å². The summed E-state index contributed by atoms with van der Waals surface area (Å²) in [4.78, 5) is 16.2. The molecule has 0 bridgehead atoms. The highest BCUT2D eigenvalue weighted by Gasteiger charge is 2.47. The van der Waals surface area contributed by atoms with E-state index in [-0.39, 0.29) is 17.8 Å². The summed E-state index contributed by atoms with van der Waals surface area (Å²) in [7, 11) is 0. The Morgan fingerprint density at radius 3 is 2.72 bits per heavy atom. The standard InChI is InChI=1S/C12H19N3O2S/c1-6-17-9(16)8-12(11(3,4)5)13-10(14-15-12)18-7-2/h7H,2,6,8H2,1,3-5H3. The summed E-state index contributed by atoms with van der Waals surface area (Å²) >= 11 is 1.30. The smallest absolute Gasteiger partial charge is 0.310 e. The summed E-state index contributed by atoms with van der Waals surface area (Å²) in [5.74, 6) is -0.306. The zero-order valence-corrected chi connectivity index (χ0v) is 12.1. The van der Waals surface area contributed by atoms with Gasteiger partial charge in [0, 0.05) is 5.41 Å². The third kappa shape index (κ3) is 3.19. The van der Waals surface area contributed by atoms with Gasteiger partial charge in [-0.15, -0.1) is 5.11 Å². The lowest BCUT2D eigenvalue weighted by Crippen LogP contribution is -2.40. The molecule has 1 atom stereocenters. The van der Waals surface area contributed by atoms with E-state index in [9.17, 15) is 4.79 Å². The van der Waals surface area contributed by atoms with Crippen molar-refractivity contribution in [1.29, 1.82) is 0 Å². The zero-order valence-electron chi connectivity index (χ0n) is 11.3. The largest absolute Gasteiger partial charge is 0.466 e. The lowest BCUT2D eigenvalue weighted by atomic mass is 9.79. The van der Waals surface area contributed by atoms with Crippen LogP contribution in [-0.4, -0.2) is 23.4 Å². The first-order valence-electron chi connectivity index (χ1n) is 5.80. The topological polar surface area (TPSA) is 63.4 Å². The van der Waals surface area contributed by atoms with Gasteiger partial charge in [0.05, 0.1) is 13.0 Å². The van der Waals surface area contributed by atoms with Gasteiger partial charge >= 0.3 is 5.97 Å². The molecule has 0 aromatic heterocycles. The second-order valence-electron chi connectivity index (χ2n) is 4.93. The molecule has 0 amide bonds. The van der Waals surface area contributed by atoms with E-state index in [1.54, 1.807) is 12.3 Å². The van der Waals surface area contributed by atoms with Gasteiger partial charge < -0.3 is 4.74 Å². The summed E-state index contributed by atoms with van der Waals surface area (Å²) in [5.41, 5.74) is -1.18. The third-order valence-electron chi connectivity index (χ3n) is 2.67. The number of amidine groups is 1. The van der Waals surface area contributed by atoms with Crippen LogP contribution in [0.3, 0.4) is 0 Å². The molecule has 0 saturated carbocycles. The maximum absolute atomic E-state index is 11.7. The molecule has 0 aromatic carbocycles. The van der Waals surface area contributed by atoms with Crippen LogP contribution in [0, 0.1) is 5.41 Å². The number of azo groups is 1. The maximum atomic E-state index is 11.7. The number of hydrogen-bond acceptors (Lipinski definition) is 6. The van der Waals surface area contributed by atoms with Crippen molar-refractivity contribution < 1.29 is 9.53 Å². The van der Waals surface area contributed by atoms with Crippen LogP contribution in [0.15, 0.2) is 27.2 Å². The van der Waals surface area contributed by atoms with Gasteiger partial charge in [-0.1, -0.05) is 39.1 Å². The molecule has 1 aliphatic rings. The first kappa shape index (κ1) is 14.9. The van der Waals surface area contributed by atoms with Crippen LogP contribution in [0.1, 0.15) is 34.1 Å². The van der Waals surface area contributed by atoms with Gasteiger partial charge in [0.1, 0.15) is 0 Å². The van der Waals surface area contributed by atoms with Gasteiger partial charge in [0.2, 0.25) is 5.17 Å². The predicted molar refractivity (Wildman–Crippen MR) is 73.5 cm³/mol. The quantitative estimate of drug-likeness (QED) is 0.735. The molecule has 0 aliphatic carbocycles. The van der Waals surface area contributed by atoms with E-state index < -0.39 is 5.66 Å². The van der Waals surface area contributed by atoms with E-state index >= 15 is 0 Å². The van der Waals surface area contributed by atoms with Crippen LogP contribution in [0.2, 0.25) is 0 Å². The monoisotopic (exact) mass is 269 g/mol. The molecule has 0 spiro atoms. The van der Waals surface area contributed by atoms with Crippen LogP contribution in [-0.2, 0) is 9.53 Å². The highest BCUT2D eigenvalue weighted by Crippen LogP contribution is 2.42. The van der Waals surface area contributed by atoms with E-state index in [1.165, 1.54) is 11.8 Å². The van der Waals surface area contributed by atoms with E-state index in [2.05, 4.69) is 21.8 Å². The van der Waals surface area contributed by atoms with Crippen LogP contribution >= 0.6 is 11.8 Å². The lowest BCUT2D eigenvalue weighted by Gasteiger charge is -2.33. The molecular formula is C12H19N3O2S. The summed E-state index contributed by atoms with van der Waals surface area (Å²) in [6.45, 7) is 11.7. The fraction of sp³-hybridized carbons (Fsp3) is 0.667. The second kappa shape index (κ2) is 5.65. The Kier molecular flexibility index (Phi) is 4.67. The minimum atomic E-state index is -0.870. The van der Waals surface area contributed by atoms with Crippen molar-refractivity contribution in [3.8, 4) is 0 Å². The fourth-order valence-electron chi connectivity index (χ4n) is 1.52. The molecule has 18 heavy (non-hydrogen) atoms. The second-order valence-corrected chi connectivity index (χ2v) is 5.86. The lowest BCUT2D eigenvalue weighted by molar-refractivity contribution is -0.145. The number of rotatable bonds is 4. The summed E-state index contributed by atoms with van der Waals surface area (Å²) in [5, 5.41) is 10.4. The molecule has 5 nitrogen and oxygen atoms in total. The Labute approximate surface area is 112 Å². The van der Waals surface area contributed by atoms with Crippen molar-refractivity contribution in [3.63, 3.8) is 0 Å². The molecular weight excluding hydrogens is 250 g/mol. The molecule has 1 unspecified atom stereocenters. The first-order chi connectivity index (χ1) is 8.34. The summed E-state index contributed by atoms with van der Waals surface area (Å²) in [6.07, 6.45) is 0.106. The molecule has 0 aromatic rings. The molecule has 1 aliphatic heterocycles. The molecule has 100 valence electrons. The van der Waals surface area contributed by atoms with Crippen molar-refractivity contribution >= 4 is 22.9 Å². The van der Waals surface area contributed by atoms with Crippen LogP contribution in [0.4, 0.5) is 0 Å². The van der Waals surface area contributed by atoms with Gasteiger partial charge in [-0.3, -0.25) is 4.79 Å². The predicted octanol–water partition coefficient (Wildman–Crippen LogP) is 3.38. The molecule has 1 heterocycles. The molecule has 0 saturated heterocycles. The number of thioether (sulfide) groups is 1. The molecule has 0 N–H and O–H groups in total. The first-order valence-corrected chi connectivity index (χ1v) is 6.68. The minimum absolute atomic E-state index is 0.106. The van der Waals surface area contributed by atoms with E-state index in [4.69, 9.17) is 4.74 Å². The highest BCUT2D eigenvalue weighted by molar-refractivity contribution is 8.16. The van der Waals surface area contributed by atoms with Gasteiger partial charge in [-0.25, -0.2) is 4.99 Å². The Hall–Kier alpha value is -1.17. The number of aliphatic imine (C=N–C) groups is 1.